The molecule has 3 fully saturated rings. The molecule has 0 radical (unpaired) electrons. The van der Waals surface area contributed by atoms with Gasteiger partial charge in [0.15, 0.2) is 5.96 Å². The summed E-state index contributed by atoms with van der Waals surface area (Å²) >= 11 is 0. The van der Waals surface area contributed by atoms with Gasteiger partial charge in [0.2, 0.25) is 5.91 Å². The highest BCUT2D eigenvalue weighted by atomic mass is 127. The summed E-state index contributed by atoms with van der Waals surface area (Å²) in [6.07, 6.45) is 6.33. The molecule has 0 aromatic rings. The number of likely N-dealkylation sites (tertiary alicyclic amines) is 2. The first-order chi connectivity index (χ1) is 14.5. The number of aliphatic imine (C=N–C) groups is 1. The van der Waals surface area contributed by atoms with Crippen molar-refractivity contribution in [2.75, 3.05) is 53.4 Å². The summed E-state index contributed by atoms with van der Waals surface area (Å²) in [5, 5.41) is 7.08. The van der Waals surface area contributed by atoms with Crippen LogP contribution in [0.25, 0.3) is 0 Å². The maximum atomic E-state index is 12.0. The van der Waals surface area contributed by atoms with Crippen LogP contribution in [-0.4, -0.2) is 104 Å². The summed E-state index contributed by atoms with van der Waals surface area (Å²) in [7, 11) is 3.49. The molecule has 0 aromatic heterocycles. The van der Waals surface area contributed by atoms with E-state index in [4.69, 9.17) is 4.74 Å². The van der Waals surface area contributed by atoms with E-state index in [1.807, 2.05) is 6.92 Å². The average Bonchev–Trinajstić information content (AvgIpc) is 3.58. The van der Waals surface area contributed by atoms with Crippen LogP contribution in [0.15, 0.2) is 4.99 Å². The summed E-state index contributed by atoms with van der Waals surface area (Å²) in [5.74, 6) is 0.696. The van der Waals surface area contributed by atoms with E-state index in [2.05, 4.69) is 20.5 Å². The van der Waals surface area contributed by atoms with Crippen molar-refractivity contribution < 1.29 is 14.3 Å². The molecule has 0 spiro atoms. The quantitative estimate of drug-likeness (QED) is 0.296. The minimum absolute atomic E-state index is 0. The molecule has 1 aliphatic carbocycles. The second kappa shape index (κ2) is 12.7. The normalized spacial score (nSPS) is 21.3. The van der Waals surface area contributed by atoms with E-state index in [9.17, 15) is 9.59 Å². The predicted octanol–water partition coefficient (Wildman–Crippen LogP) is 1.48. The molecule has 2 heterocycles. The third kappa shape index (κ3) is 8.28. The van der Waals surface area contributed by atoms with Gasteiger partial charge in [-0.3, -0.25) is 4.79 Å². The molecule has 31 heavy (non-hydrogen) atoms. The van der Waals surface area contributed by atoms with Crippen molar-refractivity contribution in [2.24, 2.45) is 4.99 Å². The molecule has 0 aromatic carbocycles. The lowest BCUT2D eigenvalue weighted by Gasteiger charge is -2.35. The Hall–Kier alpha value is -1.30. The van der Waals surface area contributed by atoms with Crippen LogP contribution < -0.4 is 10.6 Å². The Bertz CT molecular complexity index is 612. The molecule has 3 rings (SSSR count). The zero-order valence-corrected chi connectivity index (χ0v) is 21.5. The number of rotatable bonds is 6. The summed E-state index contributed by atoms with van der Waals surface area (Å²) in [5.41, 5.74) is 0. The lowest BCUT2D eigenvalue weighted by Crippen LogP contribution is -2.53. The van der Waals surface area contributed by atoms with E-state index in [1.165, 1.54) is 12.8 Å². The van der Waals surface area contributed by atoms with Crippen molar-refractivity contribution in [3.63, 3.8) is 0 Å². The number of nitrogens with one attached hydrogen (secondary N) is 2. The Morgan fingerprint density at radius 2 is 1.52 bits per heavy atom. The van der Waals surface area contributed by atoms with E-state index in [-0.39, 0.29) is 48.6 Å². The van der Waals surface area contributed by atoms with E-state index >= 15 is 0 Å². The highest BCUT2D eigenvalue weighted by Gasteiger charge is 2.32. The molecule has 9 nitrogen and oxygen atoms in total. The number of hydrogen-bond donors (Lipinski definition) is 2. The SMILES string of the molecule is CCOC(=O)N1CCC(NC(=NCC(=O)N(C)C)NC2CCN(C3CC3)CC2)CC1.I. The number of halogens is 1. The Morgan fingerprint density at radius 1 is 0.968 bits per heavy atom. The fourth-order valence-corrected chi connectivity index (χ4v) is 4.08. The molecule has 1 saturated carbocycles. The van der Waals surface area contributed by atoms with Crippen molar-refractivity contribution >= 4 is 41.9 Å². The highest BCUT2D eigenvalue weighted by molar-refractivity contribution is 14.0. The van der Waals surface area contributed by atoms with E-state index in [1.54, 1.807) is 23.9 Å². The summed E-state index contributed by atoms with van der Waals surface area (Å²) in [4.78, 5) is 34.4. The van der Waals surface area contributed by atoms with Crippen molar-refractivity contribution in [3.8, 4) is 0 Å². The van der Waals surface area contributed by atoms with Crippen LogP contribution in [0, 0.1) is 0 Å². The Kier molecular flexibility index (Phi) is 10.6. The van der Waals surface area contributed by atoms with Gasteiger partial charge in [0.05, 0.1) is 6.61 Å². The first kappa shape index (κ1) is 26.0. The van der Waals surface area contributed by atoms with Gasteiger partial charge in [-0.2, -0.15) is 0 Å². The fraction of sp³-hybridized carbons (Fsp3) is 0.857. The number of ether oxygens (including phenoxy) is 1. The minimum atomic E-state index is -0.234. The molecule has 2 saturated heterocycles. The molecule has 0 unspecified atom stereocenters. The molecule has 0 bridgehead atoms. The number of likely N-dealkylation sites (N-methyl/N-ethyl adjacent to an activating group) is 1. The van der Waals surface area contributed by atoms with Gasteiger partial charge in [-0.05, 0) is 45.4 Å². The van der Waals surface area contributed by atoms with Crippen LogP contribution in [0.1, 0.15) is 45.4 Å². The third-order valence-corrected chi connectivity index (χ3v) is 6.17. The molecule has 2 amide bonds. The third-order valence-electron chi connectivity index (χ3n) is 6.17. The van der Waals surface area contributed by atoms with Crippen LogP contribution >= 0.6 is 24.0 Å². The topological polar surface area (TPSA) is 89.5 Å². The summed E-state index contributed by atoms with van der Waals surface area (Å²) in [6, 6.07) is 1.42. The van der Waals surface area contributed by atoms with Gasteiger partial charge in [0, 0.05) is 58.4 Å². The first-order valence-corrected chi connectivity index (χ1v) is 11.4. The maximum Gasteiger partial charge on any atom is 0.409 e. The lowest BCUT2D eigenvalue weighted by atomic mass is 10.0. The smallest absolute Gasteiger partial charge is 0.409 e. The fourth-order valence-electron chi connectivity index (χ4n) is 4.08. The van der Waals surface area contributed by atoms with Crippen LogP contribution in [-0.2, 0) is 9.53 Å². The molecule has 2 aliphatic heterocycles. The molecule has 3 aliphatic rings. The monoisotopic (exact) mass is 550 g/mol. The largest absolute Gasteiger partial charge is 0.450 e. The van der Waals surface area contributed by atoms with Crippen LogP contribution in [0.4, 0.5) is 4.79 Å². The number of amides is 2. The average molecular weight is 550 g/mol. The van der Waals surface area contributed by atoms with Gasteiger partial charge in [-0.15, -0.1) is 24.0 Å². The summed E-state index contributed by atoms with van der Waals surface area (Å²) in [6.45, 7) is 5.95. The Labute approximate surface area is 203 Å². The van der Waals surface area contributed by atoms with E-state index < -0.39 is 0 Å². The van der Waals surface area contributed by atoms with Gasteiger partial charge in [0.25, 0.3) is 0 Å². The second-order valence-electron chi connectivity index (χ2n) is 8.74. The highest BCUT2D eigenvalue weighted by Crippen LogP contribution is 2.29. The zero-order valence-electron chi connectivity index (χ0n) is 19.1. The molecule has 10 heteroatoms. The standard InChI is InChI=1S/C21H38N6O3.HI/c1-4-30-21(29)27-13-9-17(10-14-27)24-20(22-15-19(28)25(2)3)23-16-7-11-26(12-8-16)18-5-6-18;/h16-18H,4-15H2,1-3H3,(H2,22,23,24);1H. The van der Waals surface area contributed by atoms with Crippen molar-refractivity contribution in [1.29, 1.82) is 0 Å². The number of carbonyl (C=O) groups is 2. The zero-order chi connectivity index (χ0) is 21.5. The Balaban J connectivity index is 0.00000341. The molecular formula is C21H39IN6O3. The molecule has 2 N–H and O–H groups in total. The number of piperidine rings is 2. The number of hydrogen-bond acceptors (Lipinski definition) is 5. The van der Waals surface area contributed by atoms with E-state index in [0.29, 0.717) is 31.7 Å². The molecular weight excluding hydrogens is 511 g/mol. The van der Waals surface area contributed by atoms with Crippen molar-refractivity contribution in [2.45, 2.75) is 63.6 Å². The van der Waals surface area contributed by atoms with Gasteiger partial charge in [0.1, 0.15) is 6.54 Å². The Morgan fingerprint density at radius 3 is 2.00 bits per heavy atom. The second-order valence-corrected chi connectivity index (χ2v) is 8.74. The van der Waals surface area contributed by atoms with Gasteiger partial charge >= 0.3 is 6.09 Å². The minimum Gasteiger partial charge on any atom is -0.450 e. The van der Waals surface area contributed by atoms with Gasteiger partial charge in [-0.25, -0.2) is 9.79 Å². The van der Waals surface area contributed by atoms with Crippen LogP contribution in [0.2, 0.25) is 0 Å². The van der Waals surface area contributed by atoms with Gasteiger partial charge < -0.3 is 30.1 Å². The predicted molar refractivity (Wildman–Crippen MR) is 132 cm³/mol. The number of nitrogens with zero attached hydrogens (tertiary/aromatic N) is 4. The molecule has 0 atom stereocenters. The summed E-state index contributed by atoms with van der Waals surface area (Å²) < 4.78 is 5.10. The maximum absolute atomic E-state index is 12.0. The van der Waals surface area contributed by atoms with Crippen molar-refractivity contribution in [3.05, 3.63) is 0 Å². The number of guanidine groups is 1. The van der Waals surface area contributed by atoms with Crippen molar-refractivity contribution in [1.82, 2.24) is 25.3 Å². The van der Waals surface area contributed by atoms with Crippen LogP contribution in [0.3, 0.4) is 0 Å². The van der Waals surface area contributed by atoms with Crippen LogP contribution in [0.5, 0.6) is 0 Å². The molecule has 178 valence electrons. The van der Waals surface area contributed by atoms with E-state index in [0.717, 1.165) is 44.8 Å². The first-order valence-electron chi connectivity index (χ1n) is 11.4. The lowest BCUT2D eigenvalue weighted by molar-refractivity contribution is -0.127. The van der Waals surface area contributed by atoms with Gasteiger partial charge in [-0.1, -0.05) is 0 Å². The number of carbonyl (C=O) groups excluding carboxylic acids is 2.